The highest BCUT2D eigenvalue weighted by atomic mass is 19.1. The Labute approximate surface area is 129 Å². The number of carboxylic acid groups (broad SMARTS) is 1. The molecule has 0 heterocycles. The summed E-state index contributed by atoms with van der Waals surface area (Å²) in [4.78, 5) is 23.7. The molecule has 1 aliphatic carbocycles. The number of halogens is 1. The van der Waals surface area contributed by atoms with Gasteiger partial charge < -0.3 is 10.4 Å². The molecule has 5 heteroatoms. The summed E-state index contributed by atoms with van der Waals surface area (Å²) >= 11 is 0. The minimum absolute atomic E-state index is 0.00130. The molecule has 1 atom stereocenters. The lowest BCUT2D eigenvalue weighted by atomic mass is 9.66. The average molecular weight is 305 g/mol. The van der Waals surface area contributed by atoms with Crippen molar-refractivity contribution in [3.05, 3.63) is 48.3 Å². The Kier molecular flexibility index (Phi) is 4.96. The number of carbonyl (C=O) groups excluding carboxylic acids is 1. The Morgan fingerprint density at radius 1 is 1.36 bits per heavy atom. The maximum absolute atomic E-state index is 12.9. The molecule has 1 unspecified atom stereocenters. The second kappa shape index (κ2) is 6.73. The third kappa shape index (κ3) is 3.35. The molecule has 22 heavy (non-hydrogen) atoms. The fourth-order valence-corrected chi connectivity index (χ4v) is 2.83. The Hall–Kier alpha value is -2.17. The molecular formula is C17H20FNO3. The zero-order valence-electron chi connectivity index (χ0n) is 12.3. The summed E-state index contributed by atoms with van der Waals surface area (Å²) in [5, 5.41) is 12.1. The van der Waals surface area contributed by atoms with Crippen LogP contribution in [0.4, 0.5) is 4.39 Å². The Balaban J connectivity index is 2.03. The smallest absolute Gasteiger partial charge is 0.312 e. The zero-order chi connectivity index (χ0) is 16.2. The molecule has 118 valence electrons. The van der Waals surface area contributed by atoms with Crippen LogP contribution in [0.3, 0.4) is 0 Å². The van der Waals surface area contributed by atoms with Crippen LogP contribution in [0.1, 0.15) is 37.2 Å². The van der Waals surface area contributed by atoms with E-state index in [0.29, 0.717) is 12.0 Å². The van der Waals surface area contributed by atoms with Crippen LogP contribution in [0.5, 0.6) is 0 Å². The summed E-state index contributed by atoms with van der Waals surface area (Å²) < 4.78 is 12.9. The van der Waals surface area contributed by atoms with E-state index in [-0.39, 0.29) is 12.5 Å². The van der Waals surface area contributed by atoms with E-state index in [1.54, 1.807) is 6.08 Å². The van der Waals surface area contributed by atoms with Crippen LogP contribution in [0.15, 0.2) is 36.9 Å². The molecule has 1 amide bonds. The van der Waals surface area contributed by atoms with E-state index in [2.05, 4.69) is 11.9 Å². The number of benzene rings is 1. The van der Waals surface area contributed by atoms with E-state index in [1.165, 1.54) is 24.3 Å². The van der Waals surface area contributed by atoms with Crippen LogP contribution in [0, 0.1) is 11.2 Å². The summed E-state index contributed by atoms with van der Waals surface area (Å²) in [6.07, 6.45) is 4.94. The summed E-state index contributed by atoms with van der Waals surface area (Å²) in [6, 6.07) is 5.31. The lowest BCUT2D eigenvalue weighted by Crippen LogP contribution is -2.47. The van der Waals surface area contributed by atoms with Crippen molar-refractivity contribution in [1.82, 2.24) is 5.32 Å². The fraction of sp³-hybridized carbons (Fsp3) is 0.412. The Bertz CT molecular complexity index is 564. The highest BCUT2D eigenvalue weighted by Gasteiger charge is 2.43. The van der Waals surface area contributed by atoms with Gasteiger partial charge in [0.1, 0.15) is 5.82 Å². The Morgan fingerprint density at radius 2 is 2.00 bits per heavy atom. The SMILES string of the molecule is C=CCC1(C(=O)NCC(C(=O)O)c2ccc(F)cc2)CCC1. The third-order valence-corrected chi connectivity index (χ3v) is 4.36. The van der Waals surface area contributed by atoms with Crippen LogP contribution in [-0.4, -0.2) is 23.5 Å². The normalized spacial score (nSPS) is 17.1. The first-order valence-corrected chi connectivity index (χ1v) is 7.36. The zero-order valence-corrected chi connectivity index (χ0v) is 12.3. The van der Waals surface area contributed by atoms with Gasteiger partial charge in [-0.3, -0.25) is 9.59 Å². The topological polar surface area (TPSA) is 66.4 Å². The maximum Gasteiger partial charge on any atom is 0.312 e. The largest absolute Gasteiger partial charge is 0.481 e. The van der Waals surface area contributed by atoms with E-state index in [9.17, 15) is 19.1 Å². The molecule has 1 fully saturated rings. The second-order valence-electron chi connectivity index (χ2n) is 5.78. The highest BCUT2D eigenvalue weighted by Crippen LogP contribution is 2.44. The standard InChI is InChI=1S/C17H20FNO3/c1-2-8-17(9-3-10-17)16(22)19-11-14(15(20)21)12-4-6-13(18)7-5-12/h2,4-7,14H,1,3,8-11H2,(H,19,22)(H,20,21). The molecular weight excluding hydrogens is 285 g/mol. The first-order valence-electron chi connectivity index (χ1n) is 7.36. The van der Waals surface area contributed by atoms with Crippen LogP contribution in [0.25, 0.3) is 0 Å². The van der Waals surface area contributed by atoms with Crippen molar-refractivity contribution in [3.8, 4) is 0 Å². The molecule has 2 N–H and O–H groups in total. The van der Waals surface area contributed by atoms with Crippen molar-refractivity contribution < 1.29 is 19.1 Å². The van der Waals surface area contributed by atoms with E-state index in [0.717, 1.165) is 19.3 Å². The fourth-order valence-electron chi connectivity index (χ4n) is 2.83. The minimum Gasteiger partial charge on any atom is -0.481 e. The molecule has 0 radical (unpaired) electrons. The van der Waals surface area contributed by atoms with E-state index < -0.39 is 23.1 Å². The van der Waals surface area contributed by atoms with Gasteiger partial charge in [-0.15, -0.1) is 6.58 Å². The number of amides is 1. The van der Waals surface area contributed by atoms with Crippen LogP contribution in [-0.2, 0) is 9.59 Å². The lowest BCUT2D eigenvalue weighted by molar-refractivity contribution is -0.139. The van der Waals surface area contributed by atoms with Gasteiger partial charge in [-0.1, -0.05) is 24.6 Å². The molecule has 1 saturated carbocycles. The molecule has 1 aromatic rings. The van der Waals surface area contributed by atoms with Crippen LogP contribution < -0.4 is 5.32 Å². The van der Waals surface area contributed by atoms with Gasteiger partial charge in [-0.25, -0.2) is 4.39 Å². The van der Waals surface area contributed by atoms with Crippen LogP contribution in [0.2, 0.25) is 0 Å². The number of rotatable bonds is 7. The highest BCUT2D eigenvalue weighted by molar-refractivity contribution is 5.85. The lowest BCUT2D eigenvalue weighted by Gasteiger charge is -2.39. The summed E-state index contributed by atoms with van der Waals surface area (Å²) in [5.74, 6) is -2.47. The predicted octanol–water partition coefficient (Wildman–Crippen LogP) is 2.86. The monoisotopic (exact) mass is 305 g/mol. The number of carboxylic acids is 1. The van der Waals surface area contributed by atoms with Crippen molar-refractivity contribution in [2.24, 2.45) is 5.41 Å². The van der Waals surface area contributed by atoms with Gasteiger partial charge in [0.15, 0.2) is 0 Å². The predicted molar refractivity (Wildman–Crippen MR) is 80.9 cm³/mol. The van der Waals surface area contributed by atoms with Gasteiger partial charge in [0.05, 0.1) is 11.3 Å². The van der Waals surface area contributed by atoms with E-state index in [1.807, 2.05) is 0 Å². The van der Waals surface area contributed by atoms with Gasteiger partial charge in [0.2, 0.25) is 5.91 Å². The molecule has 2 rings (SSSR count). The first kappa shape index (κ1) is 16.2. The molecule has 4 nitrogen and oxygen atoms in total. The number of hydrogen-bond donors (Lipinski definition) is 2. The molecule has 0 spiro atoms. The second-order valence-corrected chi connectivity index (χ2v) is 5.78. The van der Waals surface area contributed by atoms with Crippen molar-refractivity contribution >= 4 is 11.9 Å². The van der Waals surface area contributed by atoms with E-state index in [4.69, 9.17) is 0 Å². The molecule has 0 saturated heterocycles. The van der Waals surface area contributed by atoms with Crippen molar-refractivity contribution in [2.45, 2.75) is 31.6 Å². The van der Waals surface area contributed by atoms with E-state index >= 15 is 0 Å². The Morgan fingerprint density at radius 3 is 2.45 bits per heavy atom. The number of allylic oxidation sites excluding steroid dienone is 1. The van der Waals surface area contributed by atoms with Crippen molar-refractivity contribution in [3.63, 3.8) is 0 Å². The summed E-state index contributed by atoms with van der Waals surface area (Å²) in [5.41, 5.74) is 0.0497. The maximum atomic E-state index is 12.9. The molecule has 0 aromatic heterocycles. The average Bonchev–Trinajstić information content (AvgIpc) is 2.44. The number of nitrogens with one attached hydrogen (secondary N) is 1. The van der Waals surface area contributed by atoms with Gasteiger partial charge in [0.25, 0.3) is 0 Å². The number of carbonyl (C=O) groups is 2. The first-order chi connectivity index (χ1) is 10.5. The van der Waals surface area contributed by atoms with Gasteiger partial charge >= 0.3 is 5.97 Å². The summed E-state index contributed by atoms with van der Waals surface area (Å²) in [7, 11) is 0. The molecule has 0 aliphatic heterocycles. The molecule has 1 aliphatic rings. The molecule has 1 aromatic carbocycles. The minimum atomic E-state index is -1.04. The van der Waals surface area contributed by atoms with Crippen LogP contribution >= 0.6 is 0 Å². The quantitative estimate of drug-likeness (QED) is 0.761. The van der Waals surface area contributed by atoms with Crippen molar-refractivity contribution in [2.75, 3.05) is 6.54 Å². The molecule has 0 bridgehead atoms. The third-order valence-electron chi connectivity index (χ3n) is 4.36. The van der Waals surface area contributed by atoms with Gasteiger partial charge in [-0.2, -0.15) is 0 Å². The van der Waals surface area contributed by atoms with Gasteiger partial charge in [-0.05, 0) is 37.0 Å². The van der Waals surface area contributed by atoms with Crippen molar-refractivity contribution in [1.29, 1.82) is 0 Å². The summed E-state index contributed by atoms with van der Waals surface area (Å²) in [6.45, 7) is 3.68. The van der Waals surface area contributed by atoms with Gasteiger partial charge in [0, 0.05) is 6.54 Å². The number of hydrogen-bond acceptors (Lipinski definition) is 2. The number of aliphatic carboxylic acids is 1.